The van der Waals surface area contributed by atoms with Crippen LogP contribution in [-0.4, -0.2) is 12.3 Å². The van der Waals surface area contributed by atoms with Crippen LogP contribution < -0.4 is 5.73 Å². The lowest BCUT2D eigenvalue weighted by Crippen LogP contribution is -2.19. The number of hydrogen-bond acceptors (Lipinski definition) is 2. The topological polar surface area (TPSA) is 43.1 Å². The predicted molar refractivity (Wildman–Crippen MR) is 24.3 cm³/mol. The lowest BCUT2D eigenvalue weighted by Gasteiger charge is -1.90. The third-order valence-corrected chi connectivity index (χ3v) is 0.646. The highest BCUT2D eigenvalue weighted by molar-refractivity contribution is 5.56. The third-order valence-electron chi connectivity index (χ3n) is 0.646. The van der Waals surface area contributed by atoms with Crippen molar-refractivity contribution in [1.29, 1.82) is 0 Å². The van der Waals surface area contributed by atoms with Crippen LogP contribution in [-0.2, 0) is 4.79 Å². The molecule has 0 amide bonds. The molecule has 0 spiro atoms. The van der Waals surface area contributed by atoms with Gasteiger partial charge in [-0.05, 0) is 6.42 Å². The molecular weight excluding hydrogens is 78.0 g/mol. The molecule has 0 aromatic rings. The van der Waals surface area contributed by atoms with Crippen LogP contribution >= 0.6 is 0 Å². The molecule has 0 saturated carbocycles. The van der Waals surface area contributed by atoms with Crippen molar-refractivity contribution in [3.63, 3.8) is 0 Å². The van der Waals surface area contributed by atoms with Gasteiger partial charge in [0, 0.05) is 0 Å². The number of aldehydes is 1. The fraction of sp³-hybridized carbons (Fsp3) is 0.750. The molecule has 0 aliphatic rings. The zero-order chi connectivity index (χ0) is 4.99. The average molecular weight is 87.1 g/mol. The molecule has 0 radical (unpaired) electrons. The number of rotatable bonds is 2. The smallest absolute Gasteiger partial charge is 0.136 e. The molecule has 0 aliphatic carbocycles. The van der Waals surface area contributed by atoms with Crippen LogP contribution in [0.4, 0.5) is 0 Å². The van der Waals surface area contributed by atoms with Gasteiger partial charge in [-0.2, -0.15) is 0 Å². The molecule has 1 atom stereocenters. The van der Waals surface area contributed by atoms with E-state index in [1.807, 2.05) is 6.92 Å². The molecule has 6 heavy (non-hydrogen) atoms. The molecule has 0 unspecified atom stereocenters. The summed E-state index contributed by atoms with van der Waals surface area (Å²) in [6.45, 7) is 1.87. The maximum Gasteiger partial charge on any atom is 0.136 e. The van der Waals surface area contributed by atoms with Gasteiger partial charge in [0.2, 0.25) is 0 Å². The number of nitrogens with two attached hydrogens (primary N) is 1. The Kier molecular flexibility index (Phi) is 2.67. The summed E-state index contributed by atoms with van der Waals surface area (Å²) in [5.74, 6) is 0. The van der Waals surface area contributed by atoms with Crippen LogP contribution in [0.1, 0.15) is 13.3 Å². The summed E-state index contributed by atoms with van der Waals surface area (Å²) in [5.41, 5.74) is 5.10. The first-order valence-corrected chi connectivity index (χ1v) is 2.02. The number of carbonyl (C=O) groups is 1. The van der Waals surface area contributed by atoms with Crippen molar-refractivity contribution in [3.05, 3.63) is 0 Å². The lowest BCUT2D eigenvalue weighted by molar-refractivity contribution is -0.108. The molecule has 0 bridgehead atoms. The largest absolute Gasteiger partial charge is 0.322 e. The Morgan fingerprint density at radius 1 is 2.00 bits per heavy atom. The van der Waals surface area contributed by atoms with Crippen LogP contribution in [0.5, 0.6) is 0 Å². The van der Waals surface area contributed by atoms with Crippen molar-refractivity contribution in [2.45, 2.75) is 19.4 Å². The highest BCUT2D eigenvalue weighted by atomic mass is 16.1. The fourth-order valence-electron chi connectivity index (χ4n) is 0.0962. The van der Waals surface area contributed by atoms with Crippen molar-refractivity contribution in [2.24, 2.45) is 5.73 Å². The molecule has 36 valence electrons. The first-order valence-electron chi connectivity index (χ1n) is 2.02. The van der Waals surface area contributed by atoms with Crippen LogP contribution in [0.3, 0.4) is 0 Å². The molecule has 0 fully saturated rings. The van der Waals surface area contributed by atoms with Gasteiger partial charge in [-0.15, -0.1) is 0 Å². The van der Waals surface area contributed by atoms with E-state index in [2.05, 4.69) is 0 Å². The molecule has 0 aliphatic heterocycles. The molecule has 2 nitrogen and oxygen atoms in total. The Morgan fingerprint density at radius 2 is 2.50 bits per heavy atom. The number of carbonyl (C=O) groups excluding carboxylic acids is 1. The summed E-state index contributed by atoms with van der Waals surface area (Å²) < 4.78 is 0. The Labute approximate surface area is 37.3 Å². The van der Waals surface area contributed by atoms with E-state index < -0.39 is 0 Å². The van der Waals surface area contributed by atoms with Gasteiger partial charge in [-0.3, -0.25) is 0 Å². The summed E-state index contributed by atoms with van der Waals surface area (Å²) in [6.07, 6.45) is 1.49. The van der Waals surface area contributed by atoms with Crippen molar-refractivity contribution >= 4 is 6.29 Å². The summed E-state index contributed by atoms with van der Waals surface area (Å²) in [7, 11) is 0. The quantitative estimate of drug-likeness (QED) is 0.479. The molecule has 0 aromatic carbocycles. The summed E-state index contributed by atoms with van der Waals surface area (Å²) >= 11 is 0. The van der Waals surface area contributed by atoms with Gasteiger partial charge in [-0.1, -0.05) is 6.92 Å². The van der Waals surface area contributed by atoms with E-state index in [-0.39, 0.29) is 6.04 Å². The predicted octanol–water partition coefficient (Wildman–Crippen LogP) is -0.0774. The van der Waals surface area contributed by atoms with Gasteiger partial charge < -0.3 is 10.5 Å². The van der Waals surface area contributed by atoms with Gasteiger partial charge >= 0.3 is 0 Å². The standard InChI is InChI=1S/C4H9NO/c1-2-4(5)3-6/h3-4H,2,5H2,1H3/t4-/m1/s1. The monoisotopic (exact) mass is 87.1 g/mol. The second-order valence-corrected chi connectivity index (χ2v) is 1.21. The highest BCUT2D eigenvalue weighted by Gasteiger charge is 1.89. The zero-order valence-electron chi connectivity index (χ0n) is 3.85. The second kappa shape index (κ2) is 2.85. The van der Waals surface area contributed by atoms with Gasteiger partial charge in [-0.25, -0.2) is 0 Å². The Bertz CT molecular complexity index is 44.8. The van der Waals surface area contributed by atoms with Gasteiger partial charge in [0.15, 0.2) is 0 Å². The molecule has 2 N–H and O–H groups in total. The average Bonchev–Trinajstić information content (AvgIpc) is 1.65. The minimum atomic E-state index is -0.245. The Hall–Kier alpha value is -0.370. The van der Waals surface area contributed by atoms with E-state index in [1.54, 1.807) is 0 Å². The van der Waals surface area contributed by atoms with Crippen molar-refractivity contribution < 1.29 is 4.79 Å². The summed E-state index contributed by atoms with van der Waals surface area (Å²) in [4.78, 5) is 9.61. The minimum absolute atomic E-state index is 0.245. The Morgan fingerprint density at radius 3 is 2.50 bits per heavy atom. The maximum atomic E-state index is 9.61. The maximum absolute atomic E-state index is 9.61. The summed E-state index contributed by atoms with van der Waals surface area (Å²) in [6, 6.07) is -0.245. The SMILES string of the molecule is CC[C@@H](N)C=O. The highest BCUT2D eigenvalue weighted by Crippen LogP contribution is 1.75. The van der Waals surface area contributed by atoms with Crippen molar-refractivity contribution in [3.8, 4) is 0 Å². The van der Waals surface area contributed by atoms with Gasteiger partial charge in [0.1, 0.15) is 6.29 Å². The molecule has 2 heteroatoms. The lowest BCUT2D eigenvalue weighted by atomic mass is 10.3. The Balaban J connectivity index is 2.96. The van der Waals surface area contributed by atoms with Crippen molar-refractivity contribution in [1.82, 2.24) is 0 Å². The molecule has 0 rings (SSSR count). The van der Waals surface area contributed by atoms with E-state index >= 15 is 0 Å². The van der Waals surface area contributed by atoms with E-state index in [1.165, 1.54) is 0 Å². The van der Waals surface area contributed by atoms with E-state index in [9.17, 15) is 4.79 Å². The normalized spacial score (nSPS) is 13.7. The molecule has 0 heterocycles. The van der Waals surface area contributed by atoms with Crippen LogP contribution in [0.2, 0.25) is 0 Å². The second-order valence-electron chi connectivity index (χ2n) is 1.21. The van der Waals surface area contributed by atoms with Crippen molar-refractivity contribution in [2.75, 3.05) is 0 Å². The van der Waals surface area contributed by atoms with E-state index in [4.69, 9.17) is 5.73 Å². The zero-order valence-corrected chi connectivity index (χ0v) is 3.85. The number of hydrogen-bond donors (Lipinski definition) is 1. The molecular formula is C4H9NO. The summed E-state index contributed by atoms with van der Waals surface area (Å²) in [5, 5.41) is 0. The molecule has 0 aromatic heterocycles. The van der Waals surface area contributed by atoms with Crippen LogP contribution in [0.15, 0.2) is 0 Å². The van der Waals surface area contributed by atoms with E-state index in [0.717, 1.165) is 12.7 Å². The van der Waals surface area contributed by atoms with E-state index in [0.29, 0.717) is 0 Å². The first kappa shape index (κ1) is 5.63. The third kappa shape index (κ3) is 1.91. The van der Waals surface area contributed by atoms with Gasteiger partial charge in [0.25, 0.3) is 0 Å². The van der Waals surface area contributed by atoms with Crippen LogP contribution in [0.25, 0.3) is 0 Å². The first-order chi connectivity index (χ1) is 2.81. The van der Waals surface area contributed by atoms with Gasteiger partial charge in [0.05, 0.1) is 6.04 Å². The van der Waals surface area contributed by atoms with Crippen LogP contribution in [0, 0.1) is 0 Å². The fourth-order valence-corrected chi connectivity index (χ4v) is 0.0962. The molecule has 0 saturated heterocycles. The minimum Gasteiger partial charge on any atom is -0.322 e.